The highest BCUT2D eigenvalue weighted by atomic mass is 16.1. The molecule has 100 valence electrons. The van der Waals surface area contributed by atoms with Crippen molar-refractivity contribution in [3.8, 4) is 0 Å². The molecule has 0 unspecified atom stereocenters. The molecule has 1 aliphatic rings. The van der Waals surface area contributed by atoms with Gasteiger partial charge in [-0.2, -0.15) is 0 Å². The third kappa shape index (κ3) is 6.00. The monoisotopic (exact) mass is 242 g/mol. The fraction of sp³-hybridized carbons (Fsp3) is 0.917. The predicted molar refractivity (Wildman–Crippen MR) is 69.8 cm³/mol. The molecule has 0 radical (unpaired) electrons. The van der Waals surface area contributed by atoms with Crippen LogP contribution >= 0.6 is 0 Å². The third-order valence-electron chi connectivity index (χ3n) is 3.23. The summed E-state index contributed by atoms with van der Waals surface area (Å²) in [7, 11) is 4.14. The fourth-order valence-electron chi connectivity index (χ4n) is 2.35. The summed E-state index contributed by atoms with van der Waals surface area (Å²) in [6.07, 6.45) is 3.33. The van der Waals surface area contributed by atoms with E-state index in [1.807, 2.05) is 0 Å². The van der Waals surface area contributed by atoms with Gasteiger partial charge in [-0.05, 0) is 53.0 Å². The van der Waals surface area contributed by atoms with E-state index in [9.17, 15) is 4.79 Å². The number of rotatable bonds is 7. The van der Waals surface area contributed by atoms with Crippen LogP contribution in [0.15, 0.2) is 0 Å². The van der Waals surface area contributed by atoms with E-state index in [1.165, 1.54) is 0 Å². The minimum Gasteiger partial charge on any atom is -0.369 e. The van der Waals surface area contributed by atoms with Gasteiger partial charge in [0, 0.05) is 12.6 Å². The molecule has 0 aliphatic carbocycles. The van der Waals surface area contributed by atoms with Crippen LogP contribution < -0.4 is 11.1 Å². The van der Waals surface area contributed by atoms with Crippen LogP contribution in [0.3, 0.4) is 0 Å². The van der Waals surface area contributed by atoms with Crippen molar-refractivity contribution in [1.29, 1.82) is 0 Å². The Labute approximate surface area is 104 Å². The van der Waals surface area contributed by atoms with E-state index in [0.717, 1.165) is 45.4 Å². The number of nitrogens with one attached hydrogen (secondary N) is 1. The molecule has 3 N–H and O–H groups in total. The quantitative estimate of drug-likeness (QED) is 0.630. The molecule has 0 aromatic rings. The maximum atomic E-state index is 11.1. The van der Waals surface area contributed by atoms with Gasteiger partial charge in [0.1, 0.15) is 0 Å². The summed E-state index contributed by atoms with van der Waals surface area (Å²) in [5.41, 5.74) is 5.32. The lowest BCUT2D eigenvalue weighted by molar-refractivity contribution is -0.119. The minimum atomic E-state index is -0.214. The number of nitrogens with zero attached hydrogens (tertiary/aromatic N) is 2. The molecule has 5 nitrogen and oxygen atoms in total. The number of nitrogens with two attached hydrogens (primary N) is 1. The van der Waals surface area contributed by atoms with Gasteiger partial charge in [-0.25, -0.2) is 0 Å². The molecule has 17 heavy (non-hydrogen) atoms. The lowest BCUT2D eigenvalue weighted by Gasteiger charge is -2.34. The summed E-state index contributed by atoms with van der Waals surface area (Å²) in [4.78, 5) is 15.5. The van der Waals surface area contributed by atoms with Crippen LogP contribution in [0, 0.1) is 0 Å². The summed E-state index contributed by atoms with van der Waals surface area (Å²) in [5.74, 6) is -0.214. The number of carbonyl (C=O) groups excluding carboxylic acids is 1. The zero-order valence-corrected chi connectivity index (χ0v) is 11.1. The Morgan fingerprint density at radius 3 is 2.47 bits per heavy atom. The Morgan fingerprint density at radius 1 is 1.29 bits per heavy atom. The van der Waals surface area contributed by atoms with Crippen LogP contribution in [0.5, 0.6) is 0 Å². The highest BCUT2D eigenvalue weighted by molar-refractivity contribution is 5.75. The summed E-state index contributed by atoms with van der Waals surface area (Å²) in [5, 5.41) is 3.35. The Kier molecular flexibility index (Phi) is 6.47. The first-order valence-electron chi connectivity index (χ1n) is 6.47. The molecule has 0 spiro atoms. The molecule has 1 amide bonds. The van der Waals surface area contributed by atoms with Crippen LogP contribution in [0.2, 0.25) is 0 Å². The lowest BCUT2D eigenvalue weighted by Crippen LogP contribution is -2.47. The third-order valence-corrected chi connectivity index (χ3v) is 3.23. The Balaban J connectivity index is 2.38. The summed E-state index contributed by atoms with van der Waals surface area (Å²) in [6, 6.07) is 0.519. The second kappa shape index (κ2) is 7.63. The number of amides is 1. The lowest BCUT2D eigenvalue weighted by atomic mass is 10.0. The standard InChI is InChI=1S/C12H26N4O/c1-15(2)8-3-9-16(10-12(13)17)11-4-6-14-7-5-11/h11,14H,3-10H2,1-2H3,(H2,13,17). The van der Waals surface area contributed by atoms with Crippen molar-refractivity contribution in [2.24, 2.45) is 5.73 Å². The highest BCUT2D eigenvalue weighted by Gasteiger charge is 2.21. The van der Waals surface area contributed by atoms with E-state index >= 15 is 0 Å². The normalized spacial score (nSPS) is 17.9. The Morgan fingerprint density at radius 2 is 1.94 bits per heavy atom. The fourth-order valence-corrected chi connectivity index (χ4v) is 2.35. The van der Waals surface area contributed by atoms with E-state index in [2.05, 4.69) is 29.2 Å². The summed E-state index contributed by atoms with van der Waals surface area (Å²) < 4.78 is 0. The Hall–Kier alpha value is -0.650. The van der Waals surface area contributed by atoms with Crippen LogP contribution in [-0.2, 0) is 4.79 Å². The topological polar surface area (TPSA) is 61.6 Å². The largest absolute Gasteiger partial charge is 0.369 e. The van der Waals surface area contributed by atoms with Gasteiger partial charge in [-0.15, -0.1) is 0 Å². The summed E-state index contributed by atoms with van der Waals surface area (Å²) in [6.45, 7) is 4.52. The Bertz CT molecular complexity index is 227. The van der Waals surface area contributed by atoms with Crippen molar-refractivity contribution >= 4 is 5.91 Å². The van der Waals surface area contributed by atoms with E-state index in [1.54, 1.807) is 0 Å². The highest BCUT2D eigenvalue weighted by Crippen LogP contribution is 2.11. The molecule has 1 saturated heterocycles. The number of piperidine rings is 1. The van der Waals surface area contributed by atoms with Gasteiger partial charge in [0.05, 0.1) is 6.54 Å². The van der Waals surface area contributed by atoms with Gasteiger partial charge in [0.15, 0.2) is 0 Å². The van der Waals surface area contributed by atoms with Crippen LogP contribution in [-0.4, -0.2) is 68.6 Å². The van der Waals surface area contributed by atoms with Gasteiger partial charge in [0.25, 0.3) is 0 Å². The van der Waals surface area contributed by atoms with Gasteiger partial charge in [-0.3, -0.25) is 9.69 Å². The number of carbonyl (C=O) groups is 1. The number of hydrogen-bond donors (Lipinski definition) is 2. The van der Waals surface area contributed by atoms with Gasteiger partial charge >= 0.3 is 0 Å². The molecule has 1 rings (SSSR count). The van der Waals surface area contributed by atoms with Crippen molar-refractivity contribution in [2.75, 3.05) is 46.8 Å². The molecule has 0 aromatic carbocycles. The second-order valence-corrected chi connectivity index (χ2v) is 5.07. The van der Waals surface area contributed by atoms with E-state index in [0.29, 0.717) is 12.6 Å². The molecule has 1 aliphatic heterocycles. The van der Waals surface area contributed by atoms with Gasteiger partial charge in [-0.1, -0.05) is 0 Å². The molecular weight excluding hydrogens is 216 g/mol. The van der Waals surface area contributed by atoms with Crippen molar-refractivity contribution in [3.05, 3.63) is 0 Å². The van der Waals surface area contributed by atoms with Crippen LogP contribution in [0.4, 0.5) is 0 Å². The van der Waals surface area contributed by atoms with Crippen LogP contribution in [0.25, 0.3) is 0 Å². The van der Waals surface area contributed by atoms with E-state index in [-0.39, 0.29) is 5.91 Å². The van der Waals surface area contributed by atoms with Crippen LogP contribution in [0.1, 0.15) is 19.3 Å². The minimum absolute atomic E-state index is 0.214. The smallest absolute Gasteiger partial charge is 0.231 e. The van der Waals surface area contributed by atoms with Crippen molar-refractivity contribution in [3.63, 3.8) is 0 Å². The van der Waals surface area contributed by atoms with Gasteiger partial charge in [0.2, 0.25) is 5.91 Å². The molecule has 5 heteroatoms. The zero-order valence-electron chi connectivity index (χ0n) is 11.1. The summed E-state index contributed by atoms with van der Waals surface area (Å²) >= 11 is 0. The number of hydrogen-bond acceptors (Lipinski definition) is 4. The maximum absolute atomic E-state index is 11.1. The average Bonchev–Trinajstić information content (AvgIpc) is 2.28. The van der Waals surface area contributed by atoms with Crippen molar-refractivity contribution < 1.29 is 4.79 Å². The average molecular weight is 242 g/mol. The second-order valence-electron chi connectivity index (χ2n) is 5.07. The SMILES string of the molecule is CN(C)CCCN(CC(N)=O)C1CCNCC1. The first-order valence-corrected chi connectivity index (χ1v) is 6.47. The number of primary amides is 1. The molecule has 0 atom stereocenters. The van der Waals surface area contributed by atoms with Crippen molar-refractivity contribution in [2.45, 2.75) is 25.3 Å². The predicted octanol–water partition coefficient (Wildman–Crippen LogP) is -0.523. The zero-order chi connectivity index (χ0) is 12.7. The van der Waals surface area contributed by atoms with Crippen molar-refractivity contribution in [1.82, 2.24) is 15.1 Å². The van der Waals surface area contributed by atoms with Gasteiger partial charge < -0.3 is 16.0 Å². The molecular formula is C12H26N4O. The first-order chi connectivity index (χ1) is 8.09. The molecule has 0 saturated carbocycles. The maximum Gasteiger partial charge on any atom is 0.231 e. The first kappa shape index (κ1) is 14.4. The molecule has 1 fully saturated rings. The van der Waals surface area contributed by atoms with E-state index in [4.69, 9.17) is 5.73 Å². The molecule has 0 bridgehead atoms. The van der Waals surface area contributed by atoms with E-state index < -0.39 is 0 Å². The molecule has 0 aromatic heterocycles. The molecule has 1 heterocycles.